The number of carbonyl (C=O) groups excluding carboxylic acids is 1. The lowest BCUT2D eigenvalue weighted by molar-refractivity contribution is -0.111. The SMILES string of the molecule is CCCCOc1ccc(-c2ncc[nH]2)cc1NC(=O)C#Cc1ccccc1. The molecule has 0 saturated heterocycles. The average molecular weight is 359 g/mol. The van der Waals surface area contributed by atoms with E-state index in [0.29, 0.717) is 18.0 Å². The lowest BCUT2D eigenvalue weighted by atomic mass is 10.1. The number of amides is 1. The summed E-state index contributed by atoms with van der Waals surface area (Å²) in [6.45, 7) is 2.69. The number of carbonyl (C=O) groups is 1. The first-order chi connectivity index (χ1) is 13.3. The summed E-state index contributed by atoms with van der Waals surface area (Å²) in [6, 6.07) is 15.0. The van der Waals surface area contributed by atoms with Crippen LogP contribution in [0.3, 0.4) is 0 Å². The number of hydrogen-bond donors (Lipinski definition) is 2. The maximum Gasteiger partial charge on any atom is 0.300 e. The second kappa shape index (κ2) is 9.25. The van der Waals surface area contributed by atoms with E-state index in [0.717, 1.165) is 29.8 Å². The number of H-pyrrole nitrogens is 1. The van der Waals surface area contributed by atoms with E-state index in [1.54, 1.807) is 12.4 Å². The summed E-state index contributed by atoms with van der Waals surface area (Å²) in [6.07, 6.45) is 5.42. The van der Waals surface area contributed by atoms with E-state index in [9.17, 15) is 4.79 Å². The van der Waals surface area contributed by atoms with Gasteiger partial charge in [0.25, 0.3) is 0 Å². The van der Waals surface area contributed by atoms with Gasteiger partial charge in [-0.3, -0.25) is 4.79 Å². The van der Waals surface area contributed by atoms with Gasteiger partial charge in [0.15, 0.2) is 0 Å². The number of aromatic nitrogens is 2. The molecule has 0 atom stereocenters. The molecule has 3 rings (SSSR count). The molecule has 0 radical (unpaired) electrons. The highest BCUT2D eigenvalue weighted by molar-refractivity contribution is 6.05. The van der Waals surface area contributed by atoms with Gasteiger partial charge >= 0.3 is 5.91 Å². The molecule has 0 saturated carbocycles. The molecular formula is C22H21N3O2. The third kappa shape index (κ3) is 5.23. The number of hydrogen-bond acceptors (Lipinski definition) is 3. The molecule has 5 heteroatoms. The van der Waals surface area contributed by atoms with Gasteiger partial charge in [0, 0.05) is 29.4 Å². The Kier molecular flexibility index (Phi) is 6.26. The van der Waals surface area contributed by atoms with Crippen LogP contribution in [0, 0.1) is 11.8 Å². The van der Waals surface area contributed by atoms with Gasteiger partial charge in [-0.1, -0.05) is 37.5 Å². The Morgan fingerprint density at radius 3 is 2.81 bits per heavy atom. The largest absolute Gasteiger partial charge is 0.491 e. The second-order valence-corrected chi connectivity index (χ2v) is 5.92. The van der Waals surface area contributed by atoms with Crippen molar-refractivity contribution < 1.29 is 9.53 Å². The zero-order valence-corrected chi connectivity index (χ0v) is 15.2. The Hall–Kier alpha value is -3.52. The molecule has 1 aromatic heterocycles. The summed E-state index contributed by atoms with van der Waals surface area (Å²) in [5.41, 5.74) is 2.22. The van der Waals surface area contributed by atoms with Crippen LogP contribution in [-0.4, -0.2) is 22.5 Å². The Morgan fingerprint density at radius 2 is 2.07 bits per heavy atom. The summed E-state index contributed by atoms with van der Waals surface area (Å²) in [4.78, 5) is 19.6. The van der Waals surface area contributed by atoms with E-state index in [2.05, 4.69) is 34.0 Å². The molecule has 2 aromatic carbocycles. The number of unbranched alkanes of at least 4 members (excludes halogenated alkanes) is 1. The van der Waals surface area contributed by atoms with Gasteiger partial charge in [0.2, 0.25) is 0 Å². The number of rotatable bonds is 6. The lowest BCUT2D eigenvalue weighted by Crippen LogP contribution is -2.10. The first kappa shape index (κ1) is 18.3. The number of benzene rings is 2. The molecule has 2 N–H and O–H groups in total. The van der Waals surface area contributed by atoms with Crippen molar-refractivity contribution in [2.45, 2.75) is 19.8 Å². The van der Waals surface area contributed by atoms with E-state index in [1.807, 2.05) is 48.5 Å². The van der Waals surface area contributed by atoms with Crippen molar-refractivity contribution in [3.8, 4) is 29.0 Å². The summed E-state index contributed by atoms with van der Waals surface area (Å²) in [7, 11) is 0. The molecule has 0 aliphatic carbocycles. The number of ether oxygens (including phenoxy) is 1. The molecule has 3 aromatic rings. The van der Waals surface area contributed by atoms with Crippen molar-refractivity contribution in [3.63, 3.8) is 0 Å². The van der Waals surface area contributed by atoms with Gasteiger partial charge in [-0.05, 0) is 36.8 Å². The van der Waals surface area contributed by atoms with E-state index in [1.165, 1.54) is 0 Å². The van der Waals surface area contributed by atoms with Crippen LogP contribution in [0.25, 0.3) is 11.4 Å². The van der Waals surface area contributed by atoms with Gasteiger partial charge < -0.3 is 15.0 Å². The van der Waals surface area contributed by atoms with Gasteiger partial charge in [-0.15, -0.1) is 0 Å². The zero-order chi connectivity index (χ0) is 18.9. The zero-order valence-electron chi connectivity index (χ0n) is 15.2. The molecule has 136 valence electrons. The highest BCUT2D eigenvalue weighted by atomic mass is 16.5. The smallest absolute Gasteiger partial charge is 0.300 e. The lowest BCUT2D eigenvalue weighted by Gasteiger charge is -2.12. The number of imidazole rings is 1. The van der Waals surface area contributed by atoms with Crippen LogP contribution in [0.4, 0.5) is 5.69 Å². The Bertz CT molecular complexity index is 939. The average Bonchev–Trinajstić information content (AvgIpc) is 3.23. The predicted molar refractivity (Wildman–Crippen MR) is 106 cm³/mol. The fraction of sp³-hybridized carbons (Fsp3) is 0.182. The van der Waals surface area contributed by atoms with Crippen LogP contribution >= 0.6 is 0 Å². The molecule has 27 heavy (non-hydrogen) atoms. The Labute approximate surface area is 158 Å². The van der Waals surface area contributed by atoms with E-state index >= 15 is 0 Å². The number of nitrogens with zero attached hydrogens (tertiary/aromatic N) is 1. The van der Waals surface area contributed by atoms with Gasteiger partial charge in [0.1, 0.15) is 11.6 Å². The van der Waals surface area contributed by atoms with Crippen molar-refractivity contribution in [3.05, 3.63) is 66.5 Å². The van der Waals surface area contributed by atoms with Crippen molar-refractivity contribution in [2.24, 2.45) is 0 Å². The highest BCUT2D eigenvalue weighted by Gasteiger charge is 2.10. The number of aromatic amines is 1. The normalized spacial score (nSPS) is 9.96. The standard InChI is InChI=1S/C22H21N3O2/c1-2-3-15-27-20-11-10-18(22-23-13-14-24-22)16-19(20)25-21(26)12-9-17-7-5-4-6-8-17/h4-8,10-11,13-14,16H,2-3,15H2,1H3,(H,23,24)(H,25,26). The quantitative estimate of drug-likeness (QED) is 0.511. The van der Waals surface area contributed by atoms with Crippen molar-refractivity contribution in [2.75, 3.05) is 11.9 Å². The van der Waals surface area contributed by atoms with Crippen LogP contribution in [-0.2, 0) is 4.79 Å². The molecule has 0 aliphatic heterocycles. The molecule has 1 heterocycles. The number of nitrogens with one attached hydrogen (secondary N) is 2. The first-order valence-electron chi connectivity index (χ1n) is 8.91. The van der Waals surface area contributed by atoms with Crippen LogP contribution in [0.15, 0.2) is 60.9 Å². The van der Waals surface area contributed by atoms with Crippen molar-refractivity contribution in [1.29, 1.82) is 0 Å². The van der Waals surface area contributed by atoms with Gasteiger partial charge in [0.05, 0.1) is 12.3 Å². The highest BCUT2D eigenvalue weighted by Crippen LogP contribution is 2.29. The third-order valence-corrected chi connectivity index (χ3v) is 3.85. The minimum Gasteiger partial charge on any atom is -0.491 e. The van der Waals surface area contributed by atoms with E-state index in [4.69, 9.17) is 4.74 Å². The fourth-order valence-corrected chi connectivity index (χ4v) is 2.45. The van der Waals surface area contributed by atoms with E-state index in [-0.39, 0.29) is 0 Å². The Balaban J connectivity index is 1.81. The maximum atomic E-state index is 12.3. The van der Waals surface area contributed by atoms with Crippen molar-refractivity contribution in [1.82, 2.24) is 9.97 Å². The number of anilines is 1. The molecule has 0 bridgehead atoms. The first-order valence-corrected chi connectivity index (χ1v) is 8.91. The monoisotopic (exact) mass is 359 g/mol. The molecule has 1 amide bonds. The molecule has 0 fully saturated rings. The molecule has 0 aliphatic rings. The van der Waals surface area contributed by atoms with Crippen LogP contribution in [0.2, 0.25) is 0 Å². The Morgan fingerprint density at radius 1 is 1.22 bits per heavy atom. The van der Waals surface area contributed by atoms with Gasteiger partial charge in [-0.25, -0.2) is 4.98 Å². The summed E-state index contributed by atoms with van der Waals surface area (Å²) in [5, 5.41) is 2.83. The van der Waals surface area contributed by atoms with Crippen LogP contribution in [0.1, 0.15) is 25.3 Å². The predicted octanol–water partition coefficient (Wildman–Crippen LogP) is 4.25. The summed E-state index contributed by atoms with van der Waals surface area (Å²) in [5.74, 6) is 6.42. The molecule has 0 spiro atoms. The van der Waals surface area contributed by atoms with Crippen LogP contribution in [0.5, 0.6) is 5.75 Å². The minimum atomic E-state index is -0.393. The van der Waals surface area contributed by atoms with Crippen molar-refractivity contribution >= 4 is 11.6 Å². The summed E-state index contributed by atoms with van der Waals surface area (Å²) >= 11 is 0. The molecular weight excluding hydrogens is 338 g/mol. The second-order valence-electron chi connectivity index (χ2n) is 5.92. The molecule has 5 nitrogen and oxygen atoms in total. The summed E-state index contributed by atoms with van der Waals surface area (Å²) < 4.78 is 5.82. The van der Waals surface area contributed by atoms with Crippen LogP contribution < -0.4 is 10.1 Å². The van der Waals surface area contributed by atoms with E-state index < -0.39 is 5.91 Å². The third-order valence-electron chi connectivity index (χ3n) is 3.85. The molecule has 0 unspecified atom stereocenters. The van der Waals surface area contributed by atoms with Gasteiger partial charge in [-0.2, -0.15) is 0 Å². The maximum absolute atomic E-state index is 12.3. The minimum absolute atomic E-state index is 0.393. The fourth-order valence-electron chi connectivity index (χ4n) is 2.45. The topological polar surface area (TPSA) is 67.0 Å².